The Morgan fingerprint density at radius 2 is 1.12 bits per heavy atom. The van der Waals surface area contributed by atoms with E-state index in [1.54, 1.807) is 61.7 Å². The molecule has 2 amide bonds. The number of carbonyl (C=O) groups is 4. The number of halogens is 3. The summed E-state index contributed by atoms with van der Waals surface area (Å²) in [5.74, 6) is 1.88. The number of oxime groups is 1. The summed E-state index contributed by atoms with van der Waals surface area (Å²) >= 11 is 12.0. The smallest absolute Gasteiger partial charge is 0.292 e. The van der Waals surface area contributed by atoms with Crippen LogP contribution in [0.3, 0.4) is 0 Å². The van der Waals surface area contributed by atoms with Crippen LogP contribution >= 0.6 is 23.2 Å². The maximum atomic E-state index is 13.8. The van der Waals surface area contributed by atoms with Gasteiger partial charge in [0.1, 0.15) is 18.1 Å². The predicted octanol–water partition coefficient (Wildman–Crippen LogP) is 20.5. The van der Waals surface area contributed by atoms with Gasteiger partial charge in [-0.2, -0.15) is 0 Å². The third kappa shape index (κ3) is 23.7. The van der Waals surface area contributed by atoms with Gasteiger partial charge in [0.25, 0.3) is 11.8 Å². The molecule has 0 saturated carbocycles. The van der Waals surface area contributed by atoms with Gasteiger partial charge in [-0.15, -0.1) is 0 Å². The summed E-state index contributed by atoms with van der Waals surface area (Å²) in [4.78, 5) is 55.8. The van der Waals surface area contributed by atoms with Crippen molar-refractivity contribution >= 4 is 80.2 Å². The van der Waals surface area contributed by atoms with Crippen LogP contribution in [0.4, 0.5) is 4.39 Å². The number of hydrogen-bond acceptors (Lipinski definition) is 7. The van der Waals surface area contributed by atoms with Gasteiger partial charge in [-0.1, -0.05) is 228 Å². The van der Waals surface area contributed by atoms with Gasteiger partial charge >= 0.3 is 0 Å². The SMILES string of the molecule is CC(=O)c1ccc(Cl)c2ccc(C(C)C)cc12.CC(C)C/C=C(\F)c1cccc(C(C)C)c1.CC(C)CO/N=C/c1cccc2ccc(C(C)C)cc12.CC(C)c1ccnc(C(=O)NCc2ccc(Cl)cc2)c1.CNC(=O)C(=O)c1cccc(C(C)C)c1. The van der Waals surface area contributed by atoms with Gasteiger partial charge in [0, 0.05) is 57.5 Å². The summed E-state index contributed by atoms with van der Waals surface area (Å²) in [5, 5.41) is 15.0. The number of hydrogen-bond donors (Lipinski definition) is 2. The minimum Gasteiger partial charge on any atom is -0.396 e. The number of Topliss-reactive ketones (excluding diaryl/α,β-unsaturated/α-hetero) is 2. The van der Waals surface area contributed by atoms with Crippen LogP contribution in [0.1, 0.15) is 216 Å². The van der Waals surface area contributed by atoms with E-state index in [-0.39, 0.29) is 17.5 Å². The molecule has 0 atom stereocenters. The first kappa shape index (κ1) is 72.7. The molecule has 0 spiro atoms. The minimum absolute atomic E-state index is 0.0765. The molecule has 1 heterocycles. The normalized spacial score (nSPS) is 11.3. The molecule has 0 aliphatic rings. The van der Waals surface area contributed by atoms with Crippen LogP contribution in [0.25, 0.3) is 27.4 Å². The largest absolute Gasteiger partial charge is 0.396 e. The topological polar surface area (TPSA) is 127 Å². The molecule has 2 N–H and O–H groups in total. The zero-order valence-electron chi connectivity index (χ0n) is 54.4. The molecule has 0 unspecified atom stereocenters. The van der Waals surface area contributed by atoms with Crippen molar-refractivity contribution in [2.75, 3.05) is 13.7 Å². The van der Waals surface area contributed by atoms with Gasteiger partial charge < -0.3 is 15.5 Å². The highest BCUT2D eigenvalue weighted by Crippen LogP contribution is 2.31. The lowest BCUT2D eigenvalue weighted by atomic mass is 9.95. The van der Waals surface area contributed by atoms with E-state index in [1.807, 2.05) is 80.7 Å². The summed E-state index contributed by atoms with van der Waals surface area (Å²) in [6.07, 6.45) is 5.96. The maximum Gasteiger partial charge on any atom is 0.292 e. The molecular weight excluding hydrogens is 1140 g/mol. The molecule has 12 heteroatoms. The quantitative estimate of drug-likeness (QED) is 0.0381. The standard InChI is InChI=1S/C18H23NO.C16H17ClN2O.C15H15ClO.C15H21F.C12H15NO2/c1-13(2)12-20-19-11-17-7-5-6-15-8-9-16(14(3)4)10-18(15)17;1-11(2)13-7-8-18-15(9-13)16(20)19-10-12-3-5-14(17)6-4-12;1-9(2)11-4-5-13-14(8-11)12(10(3)17)6-7-15(13)16;1-11(2)8-9-15(16)14-7-5-6-13(10-14)12(3)4;1-8(2)9-5-4-6-10(7-9)11(14)12(15)13-3/h5-11,13-14H,12H2,1-4H3;3-9,11H,10H2,1-2H3,(H,19,20);4-9H,1-3H3;5-7,9-12H,8H2,1-4H3;4-8H,1-3H3,(H,13,15)/b19-11+;;;15-9-;. The van der Waals surface area contributed by atoms with E-state index in [4.69, 9.17) is 28.0 Å². The monoisotopic (exact) mass is 1230 g/mol. The second-order valence-corrected chi connectivity index (χ2v) is 24.9. The zero-order chi connectivity index (χ0) is 65.2. The first-order chi connectivity index (χ1) is 41.7. The van der Waals surface area contributed by atoms with Crippen molar-refractivity contribution in [1.29, 1.82) is 0 Å². The fourth-order valence-corrected chi connectivity index (χ4v) is 9.01. The van der Waals surface area contributed by atoms with E-state index >= 15 is 0 Å². The van der Waals surface area contributed by atoms with E-state index in [0.717, 1.165) is 45.0 Å². The van der Waals surface area contributed by atoms with Crippen molar-refractivity contribution in [2.45, 2.75) is 146 Å². The number of allylic oxidation sites excluding steroid dienone is 1. The van der Waals surface area contributed by atoms with Crippen LogP contribution < -0.4 is 10.6 Å². The molecule has 0 bridgehead atoms. The Morgan fingerprint density at radius 3 is 1.69 bits per heavy atom. The molecule has 0 aliphatic carbocycles. The van der Waals surface area contributed by atoms with E-state index in [9.17, 15) is 23.6 Å². The Kier molecular flexibility index (Phi) is 30.1. The molecule has 1 aromatic heterocycles. The second-order valence-electron chi connectivity index (χ2n) is 24.1. The van der Waals surface area contributed by atoms with E-state index in [1.165, 1.54) is 34.5 Å². The van der Waals surface area contributed by atoms with Gasteiger partial charge in [0.2, 0.25) is 5.78 Å². The van der Waals surface area contributed by atoms with Gasteiger partial charge in [-0.3, -0.25) is 24.2 Å². The van der Waals surface area contributed by atoms with Crippen molar-refractivity contribution in [3.8, 4) is 0 Å². The van der Waals surface area contributed by atoms with Crippen LogP contribution in [0.5, 0.6) is 0 Å². The van der Waals surface area contributed by atoms with E-state index in [0.29, 0.717) is 81.4 Å². The fraction of sp³-hybridized carbons (Fsp3) is 0.342. The summed E-state index contributed by atoms with van der Waals surface area (Å²) in [6, 6.07) is 48.7. The van der Waals surface area contributed by atoms with Crippen LogP contribution in [0.2, 0.25) is 10.0 Å². The molecule has 88 heavy (non-hydrogen) atoms. The highest BCUT2D eigenvalue weighted by atomic mass is 35.5. The van der Waals surface area contributed by atoms with Crippen LogP contribution in [-0.4, -0.2) is 48.2 Å². The first-order valence-corrected chi connectivity index (χ1v) is 31.2. The van der Waals surface area contributed by atoms with Crippen molar-refractivity contribution in [3.63, 3.8) is 0 Å². The van der Waals surface area contributed by atoms with Crippen molar-refractivity contribution in [3.05, 3.63) is 235 Å². The Balaban J connectivity index is 0.000000236. The lowest BCUT2D eigenvalue weighted by Crippen LogP contribution is -2.27. The number of carbonyl (C=O) groups excluding carboxylic acids is 4. The van der Waals surface area contributed by atoms with Crippen LogP contribution in [0.15, 0.2) is 169 Å². The molecule has 8 aromatic rings. The molecule has 0 radical (unpaired) electrons. The molecule has 9 nitrogen and oxygen atoms in total. The Labute approximate surface area is 533 Å². The Morgan fingerprint density at radius 1 is 0.580 bits per heavy atom. The van der Waals surface area contributed by atoms with Crippen molar-refractivity contribution in [2.24, 2.45) is 17.0 Å². The number of amides is 2. The van der Waals surface area contributed by atoms with E-state index in [2.05, 4.69) is 152 Å². The number of pyridine rings is 1. The Bertz CT molecular complexity index is 3620. The predicted molar refractivity (Wildman–Crippen MR) is 368 cm³/mol. The van der Waals surface area contributed by atoms with Crippen LogP contribution in [0, 0.1) is 11.8 Å². The molecule has 466 valence electrons. The summed E-state index contributed by atoms with van der Waals surface area (Å²) < 4.78 is 13.8. The second kappa shape index (κ2) is 36.5. The van der Waals surface area contributed by atoms with Gasteiger partial charge in [0.05, 0.1) is 6.21 Å². The average molecular weight is 1230 g/mol. The maximum absolute atomic E-state index is 13.8. The summed E-state index contributed by atoms with van der Waals surface area (Å²) in [6.45, 7) is 32.3. The third-order valence-electron chi connectivity index (χ3n) is 14.2. The van der Waals surface area contributed by atoms with Crippen molar-refractivity contribution in [1.82, 2.24) is 15.6 Å². The van der Waals surface area contributed by atoms with Crippen LogP contribution in [-0.2, 0) is 16.2 Å². The van der Waals surface area contributed by atoms with Gasteiger partial charge in [-0.25, -0.2) is 4.39 Å². The minimum atomic E-state index is -0.573. The highest BCUT2D eigenvalue weighted by molar-refractivity contribution is 6.42. The lowest BCUT2D eigenvalue weighted by molar-refractivity contribution is -0.116. The molecule has 0 saturated heterocycles. The molecular formula is C76H91Cl2FN4O5. The van der Waals surface area contributed by atoms with Crippen molar-refractivity contribution < 1.29 is 28.4 Å². The first-order valence-electron chi connectivity index (χ1n) is 30.4. The molecule has 7 aromatic carbocycles. The van der Waals surface area contributed by atoms with E-state index < -0.39 is 11.7 Å². The number of nitrogens with zero attached hydrogens (tertiary/aromatic N) is 2. The summed E-state index contributed by atoms with van der Waals surface area (Å²) in [5.41, 5.74) is 10.4. The Hall–Kier alpha value is -7.79. The number of fused-ring (bicyclic) bond motifs is 2. The number of aromatic nitrogens is 1. The fourth-order valence-electron chi connectivity index (χ4n) is 8.66. The third-order valence-corrected chi connectivity index (χ3v) is 14.8. The highest BCUT2D eigenvalue weighted by Gasteiger charge is 2.16. The number of nitrogens with one attached hydrogen (secondary N) is 2. The molecule has 0 aliphatic heterocycles. The zero-order valence-corrected chi connectivity index (χ0v) is 55.9. The number of benzene rings is 7. The summed E-state index contributed by atoms with van der Waals surface area (Å²) in [7, 11) is 1.45. The molecule has 8 rings (SSSR count). The molecule has 0 fully saturated rings. The average Bonchev–Trinajstić information content (AvgIpc) is 1.74. The van der Waals surface area contributed by atoms with Gasteiger partial charge in [0.15, 0.2) is 5.78 Å². The van der Waals surface area contributed by atoms with Gasteiger partial charge in [-0.05, 0) is 159 Å². The number of rotatable bonds is 18. The number of ketones is 2. The lowest BCUT2D eigenvalue weighted by Gasteiger charge is -2.10. The number of likely N-dealkylation sites (N-methyl/N-ethyl adjacent to an activating group) is 1.